The van der Waals surface area contributed by atoms with Gasteiger partial charge in [-0.3, -0.25) is 9.78 Å². The number of nitrogens with zero attached hydrogens (tertiary/aromatic N) is 1. The van der Waals surface area contributed by atoms with Gasteiger partial charge in [0.1, 0.15) is 6.61 Å². The van der Waals surface area contributed by atoms with Crippen molar-refractivity contribution in [2.45, 2.75) is 46.1 Å². The lowest BCUT2D eigenvalue weighted by Crippen LogP contribution is -2.52. The van der Waals surface area contributed by atoms with Gasteiger partial charge in [0, 0.05) is 12.6 Å². The molecular weight excluding hydrogens is 250 g/mol. The molecule has 1 aromatic heterocycles. The quantitative estimate of drug-likeness (QED) is 0.787. The maximum atomic E-state index is 12.0. The number of esters is 1. The Balaban J connectivity index is 1.50. The van der Waals surface area contributed by atoms with Gasteiger partial charge < -0.3 is 4.74 Å². The number of rotatable bonds is 4. The van der Waals surface area contributed by atoms with Crippen LogP contribution in [0.2, 0.25) is 0 Å². The first kappa shape index (κ1) is 13.6. The summed E-state index contributed by atoms with van der Waals surface area (Å²) in [6.45, 7) is 5.01. The molecule has 3 nitrogen and oxygen atoms in total. The predicted molar refractivity (Wildman–Crippen MR) is 76.8 cm³/mol. The standard InChI is InChI=1S/C17H23NO2/c1-17(2)13-7-6-12(15(17)10-13)9-16(19)20-11-14-5-3-4-8-18-14/h3-5,8,12-13,15H,6-7,9-11H2,1-2H3/t12?,13-,15-/m0/s1. The Morgan fingerprint density at radius 2 is 2.25 bits per heavy atom. The first-order chi connectivity index (χ1) is 9.57. The van der Waals surface area contributed by atoms with Gasteiger partial charge in [-0.2, -0.15) is 0 Å². The molecule has 3 aliphatic carbocycles. The summed E-state index contributed by atoms with van der Waals surface area (Å²) in [6.07, 6.45) is 6.08. The second kappa shape index (κ2) is 5.19. The minimum absolute atomic E-state index is 0.0678. The van der Waals surface area contributed by atoms with Crippen molar-refractivity contribution >= 4 is 5.97 Å². The summed E-state index contributed by atoms with van der Waals surface area (Å²) in [5.41, 5.74) is 1.25. The van der Waals surface area contributed by atoms with Gasteiger partial charge in [-0.05, 0) is 54.6 Å². The lowest BCUT2D eigenvalue weighted by atomic mass is 9.45. The molecule has 0 radical (unpaired) electrons. The van der Waals surface area contributed by atoms with Crippen molar-refractivity contribution in [2.75, 3.05) is 0 Å². The van der Waals surface area contributed by atoms with E-state index in [1.165, 1.54) is 19.3 Å². The molecule has 0 spiro atoms. The zero-order valence-electron chi connectivity index (χ0n) is 12.3. The van der Waals surface area contributed by atoms with Crippen LogP contribution in [-0.2, 0) is 16.1 Å². The van der Waals surface area contributed by atoms with Gasteiger partial charge in [-0.25, -0.2) is 0 Å². The number of ether oxygens (including phenoxy) is 1. The van der Waals surface area contributed by atoms with Crippen LogP contribution in [0.4, 0.5) is 0 Å². The average molecular weight is 273 g/mol. The number of fused-ring (bicyclic) bond motifs is 2. The first-order valence-electron chi connectivity index (χ1n) is 7.63. The third-order valence-electron chi connectivity index (χ3n) is 5.54. The predicted octanol–water partition coefficient (Wildman–Crippen LogP) is 3.59. The third-order valence-corrected chi connectivity index (χ3v) is 5.54. The van der Waals surface area contributed by atoms with Gasteiger partial charge in [0.2, 0.25) is 0 Å². The monoisotopic (exact) mass is 273 g/mol. The molecule has 3 fully saturated rings. The molecule has 20 heavy (non-hydrogen) atoms. The van der Waals surface area contributed by atoms with Crippen LogP contribution in [0.3, 0.4) is 0 Å². The van der Waals surface area contributed by atoms with Crippen LogP contribution in [0.25, 0.3) is 0 Å². The van der Waals surface area contributed by atoms with E-state index in [4.69, 9.17) is 4.74 Å². The van der Waals surface area contributed by atoms with Crippen LogP contribution in [-0.4, -0.2) is 11.0 Å². The van der Waals surface area contributed by atoms with Crippen LogP contribution in [0.5, 0.6) is 0 Å². The number of carbonyl (C=O) groups excluding carboxylic acids is 1. The molecule has 3 aliphatic rings. The SMILES string of the molecule is CC1(C)[C@H]2CCC(CC(=O)OCc3ccccn3)[C@@H]1C2. The molecule has 3 atom stereocenters. The van der Waals surface area contributed by atoms with Crippen LogP contribution in [0, 0.1) is 23.2 Å². The highest BCUT2D eigenvalue weighted by atomic mass is 16.5. The zero-order valence-corrected chi connectivity index (χ0v) is 12.3. The number of aromatic nitrogens is 1. The highest BCUT2D eigenvalue weighted by Gasteiger charge is 2.54. The van der Waals surface area contributed by atoms with E-state index < -0.39 is 0 Å². The Morgan fingerprint density at radius 1 is 1.40 bits per heavy atom. The Hall–Kier alpha value is -1.38. The van der Waals surface area contributed by atoms with Crippen molar-refractivity contribution in [1.29, 1.82) is 0 Å². The van der Waals surface area contributed by atoms with Gasteiger partial charge in [-0.15, -0.1) is 0 Å². The topological polar surface area (TPSA) is 39.2 Å². The van der Waals surface area contributed by atoms with Crippen molar-refractivity contribution in [3.63, 3.8) is 0 Å². The molecule has 108 valence electrons. The summed E-state index contributed by atoms with van der Waals surface area (Å²) >= 11 is 0. The van der Waals surface area contributed by atoms with Gasteiger partial charge in [0.25, 0.3) is 0 Å². The fraction of sp³-hybridized carbons (Fsp3) is 0.647. The van der Waals surface area contributed by atoms with Crippen molar-refractivity contribution < 1.29 is 9.53 Å². The molecule has 2 bridgehead atoms. The molecule has 3 heteroatoms. The summed E-state index contributed by atoms with van der Waals surface area (Å²) in [7, 11) is 0. The summed E-state index contributed by atoms with van der Waals surface area (Å²) < 4.78 is 5.36. The number of pyridine rings is 1. The Bertz CT molecular complexity index is 481. The van der Waals surface area contributed by atoms with Crippen molar-refractivity contribution in [1.82, 2.24) is 4.98 Å². The van der Waals surface area contributed by atoms with Gasteiger partial charge in [0.15, 0.2) is 0 Å². The van der Waals surface area contributed by atoms with Crippen LogP contribution < -0.4 is 0 Å². The smallest absolute Gasteiger partial charge is 0.306 e. The van der Waals surface area contributed by atoms with E-state index in [2.05, 4.69) is 18.8 Å². The molecule has 0 saturated heterocycles. The van der Waals surface area contributed by atoms with E-state index in [1.807, 2.05) is 18.2 Å². The van der Waals surface area contributed by atoms with E-state index in [9.17, 15) is 4.79 Å². The molecule has 0 aliphatic heterocycles. The van der Waals surface area contributed by atoms with E-state index in [1.54, 1.807) is 6.20 Å². The summed E-state index contributed by atoms with van der Waals surface area (Å²) in [6, 6.07) is 5.66. The molecule has 0 N–H and O–H groups in total. The maximum Gasteiger partial charge on any atom is 0.306 e. The Labute approximate surface area is 120 Å². The number of carbonyl (C=O) groups is 1. The van der Waals surface area contributed by atoms with Crippen molar-refractivity contribution in [3.05, 3.63) is 30.1 Å². The third kappa shape index (κ3) is 2.46. The minimum atomic E-state index is -0.0678. The maximum absolute atomic E-state index is 12.0. The fourth-order valence-corrected chi connectivity index (χ4v) is 4.12. The molecule has 1 heterocycles. The molecular formula is C17H23NO2. The highest BCUT2D eigenvalue weighted by molar-refractivity contribution is 5.69. The second-order valence-corrected chi connectivity index (χ2v) is 6.88. The lowest BCUT2D eigenvalue weighted by molar-refractivity contribution is -0.154. The van der Waals surface area contributed by atoms with Crippen molar-refractivity contribution in [3.8, 4) is 0 Å². The molecule has 4 rings (SSSR count). The summed E-state index contributed by atoms with van der Waals surface area (Å²) in [5, 5.41) is 0. The van der Waals surface area contributed by atoms with Crippen LogP contribution >= 0.6 is 0 Å². The minimum Gasteiger partial charge on any atom is -0.459 e. The molecule has 1 aromatic rings. The van der Waals surface area contributed by atoms with Gasteiger partial charge >= 0.3 is 5.97 Å². The normalized spacial score (nSPS) is 30.4. The van der Waals surface area contributed by atoms with E-state index in [0.29, 0.717) is 30.3 Å². The largest absolute Gasteiger partial charge is 0.459 e. The Morgan fingerprint density at radius 3 is 2.90 bits per heavy atom. The van der Waals surface area contributed by atoms with Gasteiger partial charge in [-0.1, -0.05) is 19.9 Å². The van der Waals surface area contributed by atoms with E-state index in [0.717, 1.165) is 11.6 Å². The fourth-order valence-electron chi connectivity index (χ4n) is 4.12. The van der Waals surface area contributed by atoms with Crippen LogP contribution in [0.1, 0.15) is 45.2 Å². The second-order valence-electron chi connectivity index (χ2n) is 6.88. The van der Waals surface area contributed by atoms with Crippen molar-refractivity contribution in [2.24, 2.45) is 23.2 Å². The van der Waals surface area contributed by atoms with E-state index in [-0.39, 0.29) is 5.97 Å². The van der Waals surface area contributed by atoms with Gasteiger partial charge in [0.05, 0.1) is 5.69 Å². The first-order valence-corrected chi connectivity index (χ1v) is 7.63. The van der Waals surface area contributed by atoms with Crippen LogP contribution in [0.15, 0.2) is 24.4 Å². The number of hydrogen-bond donors (Lipinski definition) is 0. The average Bonchev–Trinajstić information content (AvgIpc) is 2.46. The summed E-state index contributed by atoms with van der Waals surface area (Å²) in [5.74, 6) is 2.05. The molecule has 1 unspecified atom stereocenters. The lowest BCUT2D eigenvalue weighted by Gasteiger charge is -2.60. The highest BCUT2D eigenvalue weighted by Crippen LogP contribution is 2.61. The molecule has 0 aromatic carbocycles. The summed E-state index contributed by atoms with van der Waals surface area (Å²) in [4.78, 5) is 16.2. The molecule has 3 saturated carbocycles. The van der Waals surface area contributed by atoms with E-state index >= 15 is 0 Å². The Kier molecular flexibility index (Phi) is 3.53. The zero-order chi connectivity index (χ0) is 14.2. The number of hydrogen-bond acceptors (Lipinski definition) is 3. The molecule has 0 amide bonds.